The number of aliphatic hydroxyl groups excluding tert-OH is 1. The minimum atomic E-state index is -0.397. The molecule has 0 aliphatic carbocycles. The Hall–Kier alpha value is -2.67. The molecule has 7 heteroatoms. The molecule has 0 spiro atoms. The number of imidazole rings is 1. The molecule has 0 radical (unpaired) electrons. The lowest BCUT2D eigenvalue weighted by molar-refractivity contribution is 0.311. The molecule has 3 aromatic rings. The first kappa shape index (κ1) is 15.2. The number of anilines is 1. The summed E-state index contributed by atoms with van der Waals surface area (Å²) in [7, 11) is 0. The molecule has 3 rings (SSSR count). The molecule has 0 aliphatic rings. The van der Waals surface area contributed by atoms with E-state index in [9.17, 15) is 4.79 Å². The van der Waals surface area contributed by atoms with Crippen molar-refractivity contribution in [1.29, 1.82) is 0 Å². The van der Waals surface area contributed by atoms with E-state index >= 15 is 0 Å². The summed E-state index contributed by atoms with van der Waals surface area (Å²) in [5.41, 5.74) is 1.66. The number of aryl methyl sites for hydroxylation is 1. The summed E-state index contributed by atoms with van der Waals surface area (Å²) in [6, 6.07) is 9.33. The highest BCUT2D eigenvalue weighted by Crippen LogP contribution is 2.21. The maximum Gasteiger partial charge on any atom is 0.355 e. The van der Waals surface area contributed by atoms with Gasteiger partial charge in [-0.2, -0.15) is 4.98 Å². The Morgan fingerprint density at radius 2 is 2.04 bits per heavy atom. The van der Waals surface area contributed by atoms with Crippen molar-refractivity contribution in [1.82, 2.24) is 19.1 Å². The second-order valence-electron chi connectivity index (χ2n) is 5.17. The van der Waals surface area contributed by atoms with Crippen molar-refractivity contribution < 1.29 is 5.11 Å². The maximum absolute atomic E-state index is 12.5. The van der Waals surface area contributed by atoms with Gasteiger partial charge in [0.25, 0.3) is 0 Å². The van der Waals surface area contributed by atoms with Gasteiger partial charge in [0.15, 0.2) is 11.5 Å². The van der Waals surface area contributed by atoms with Gasteiger partial charge in [-0.1, -0.05) is 25.1 Å². The molecular weight excluding hydrogens is 294 g/mol. The largest absolute Gasteiger partial charge is 0.395 e. The third-order valence-corrected chi connectivity index (χ3v) is 3.54. The van der Waals surface area contributed by atoms with Crippen LogP contribution in [0.2, 0.25) is 0 Å². The lowest BCUT2D eigenvalue weighted by Gasteiger charge is -2.12. The number of benzene rings is 1. The molecule has 0 unspecified atom stereocenters. The maximum atomic E-state index is 12.5. The van der Waals surface area contributed by atoms with Crippen molar-refractivity contribution in [3.05, 3.63) is 47.1 Å². The number of aliphatic hydroxyl groups is 1. The molecule has 0 fully saturated rings. The first-order chi connectivity index (χ1) is 11.3. The van der Waals surface area contributed by atoms with Gasteiger partial charge < -0.3 is 15.0 Å². The van der Waals surface area contributed by atoms with Gasteiger partial charge in [-0.3, -0.25) is 0 Å². The minimum absolute atomic E-state index is 0.0349. The zero-order chi connectivity index (χ0) is 16.2. The Morgan fingerprint density at radius 1 is 1.26 bits per heavy atom. The van der Waals surface area contributed by atoms with Crippen LogP contribution in [0.15, 0.2) is 41.5 Å². The normalized spacial score (nSPS) is 11.0. The van der Waals surface area contributed by atoms with Crippen LogP contribution in [0.1, 0.15) is 13.3 Å². The van der Waals surface area contributed by atoms with Gasteiger partial charge in [0.2, 0.25) is 0 Å². The van der Waals surface area contributed by atoms with Crippen molar-refractivity contribution in [2.24, 2.45) is 0 Å². The van der Waals surface area contributed by atoms with Gasteiger partial charge in [-0.05, 0) is 18.6 Å². The molecule has 0 amide bonds. The molecule has 23 heavy (non-hydrogen) atoms. The Bertz CT molecular complexity index is 854. The van der Waals surface area contributed by atoms with Crippen LogP contribution in [0.5, 0.6) is 0 Å². The van der Waals surface area contributed by atoms with E-state index in [0.29, 0.717) is 18.0 Å². The van der Waals surface area contributed by atoms with Crippen molar-refractivity contribution in [3.8, 4) is 5.69 Å². The van der Waals surface area contributed by atoms with Crippen molar-refractivity contribution in [2.45, 2.75) is 19.9 Å². The lowest BCUT2D eigenvalue weighted by Crippen LogP contribution is -2.24. The van der Waals surface area contributed by atoms with Crippen LogP contribution in [0, 0.1) is 0 Å². The quantitative estimate of drug-likeness (QED) is 0.718. The third-order valence-electron chi connectivity index (χ3n) is 3.54. The smallest absolute Gasteiger partial charge is 0.355 e. The summed E-state index contributed by atoms with van der Waals surface area (Å²) in [6.45, 7) is 3.15. The van der Waals surface area contributed by atoms with Crippen LogP contribution >= 0.6 is 0 Å². The van der Waals surface area contributed by atoms with Gasteiger partial charge in [0, 0.05) is 13.1 Å². The number of hydrogen-bond donors (Lipinski definition) is 2. The molecule has 0 saturated carbocycles. The highest BCUT2D eigenvalue weighted by Gasteiger charge is 2.16. The molecule has 2 heterocycles. The van der Waals surface area contributed by atoms with E-state index in [1.54, 1.807) is 6.33 Å². The summed E-state index contributed by atoms with van der Waals surface area (Å²) in [4.78, 5) is 21.1. The molecule has 120 valence electrons. The topological polar surface area (TPSA) is 85.0 Å². The molecule has 0 aliphatic heterocycles. The van der Waals surface area contributed by atoms with Crippen LogP contribution in [-0.4, -0.2) is 37.4 Å². The van der Waals surface area contributed by atoms with Crippen LogP contribution in [0.25, 0.3) is 16.9 Å². The number of nitrogens with zero attached hydrogens (tertiary/aromatic N) is 4. The highest BCUT2D eigenvalue weighted by atomic mass is 16.3. The van der Waals surface area contributed by atoms with E-state index in [2.05, 4.69) is 22.2 Å². The van der Waals surface area contributed by atoms with Crippen LogP contribution in [-0.2, 0) is 6.54 Å². The molecule has 1 aromatic carbocycles. The summed E-state index contributed by atoms with van der Waals surface area (Å²) in [5, 5.41) is 12.0. The SMILES string of the molecule is CCCn1cnc2c1c(NCCO)nc(=O)n2-c1ccccc1. The Kier molecular flexibility index (Phi) is 4.38. The lowest BCUT2D eigenvalue weighted by atomic mass is 10.3. The number of aromatic nitrogens is 4. The summed E-state index contributed by atoms with van der Waals surface area (Å²) in [5.74, 6) is 0.456. The van der Waals surface area contributed by atoms with E-state index < -0.39 is 5.69 Å². The second-order valence-corrected chi connectivity index (χ2v) is 5.17. The third kappa shape index (κ3) is 2.83. The molecule has 0 saturated heterocycles. The second kappa shape index (κ2) is 6.62. The van der Waals surface area contributed by atoms with E-state index in [-0.39, 0.29) is 6.61 Å². The van der Waals surface area contributed by atoms with Gasteiger partial charge in [0.1, 0.15) is 5.52 Å². The average Bonchev–Trinajstić information content (AvgIpc) is 2.97. The van der Waals surface area contributed by atoms with Gasteiger partial charge in [-0.15, -0.1) is 0 Å². The minimum Gasteiger partial charge on any atom is -0.395 e. The monoisotopic (exact) mass is 313 g/mol. The zero-order valence-corrected chi connectivity index (χ0v) is 12.9. The molecule has 2 N–H and O–H groups in total. The Balaban J connectivity index is 2.27. The van der Waals surface area contributed by atoms with Crippen molar-refractivity contribution in [2.75, 3.05) is 18.5 Å². The van der Waals surface area contributed by atoms with Crippen LogP contribution in [0.3, 0.4) is 0 Å². The standard InChI is InChI=1S/C16H19N5O2/c1-2-9-20-11-18-15-13(20)14(17-8-10-22)19-16(23)21(15)12-6-4-3-5-7-12/h3-7,11,22H,2,8-10H2,1H3,(H,17,19,23). The fourth-order valence-corrected chi connectivity index (χ4v) is 2.58. The first-order valence-electron chi connectivity index (χ1n) is 7.64. The van der Waals surface area contributed by atoms with E-state index in [1.807, 2.05) is 34.9 Å². The summed E-state index contributed by atoms with van der Waals surface area (Å²) >= 11 is 0. The predicted molar refractivity (Wildman–Crippen MR) is 89.0 cm³/mol. The van der Waals surface area contributed by atoms with Gasteiger partial charge in [0.05, 0.1) is 18.6 Å². The van der Waals surface area contributed by atoms with Crippen molar-refractivity contribution >= 4 is 17.0 Å². The average molecular weight is 313 g/mol. The number of fused-ring (bicyclic) bond motifs is 1. The molecular formula is C16H19N5O2. The van der Waals surface area contributed by atoms with E-state index in [4.69, 9.17) is 5.11 Å². The number of nitrogens with one attached hydrogen (secondary N) is 1. The highest BCUT2D eigenvalue weighted by molar-refractivity contribution is 5.84. The van der Waals surface area contributed by atoms with E-state index in [1.165, 1.54) is 4.57 Å². The van der Waals surface area contributed by atoms with Crippen molar-refractivity contribution in [3.63, 3.8) is 0 Å². The number of rotatable bonds is 6. The predicted octanol–water partition coefficient (Wildman–Crippen LogP) is 1.40. The fraction of sp³-hybridized carbons (Fsp3) is 0.312. The Morgan fingerprint density at radius 3 is 2.74 bits per heavy atom. The number of para-hydroxylation sites is 1. The molecule has 7 nitrogen and oxygen atoms in total. The molecule has 0 atom stereocenters. The fourth-order valence-electron chi connectivity index (χ4n) is 2.58. The molecule has 0 bridgehead atoms. The Labute approximate surface area is 133 Å². The van der Waals surface area contributed by atoms with Crippen LogP contribution in [0.4, 0.5) is 5.82 Å². The van der Waals surface area contributed by atoms with Gasteiger partial charge in [-0.25, -0.2) is 14.3 Å². The zero-order valence-electron chi connectivity index (χ0n) is 12.9. The summed E-state index contributed by atoms with van der Waals surface area (Å²) in [6.07, 6.45) is 2.66. The van der Waals surface area contributed by atoms with Gasteiger partial charge >= 0.3 is 5.69 Å². The first-order valence-corrected chi connectivity index (χ1v) is 7.64. The van der Waals surface area contributed by atoms with E-state index in [0.717, 1.165) is 24.2 Å². The summed E-state index contributed by atoms with van der Waals surface area (Å²) < 4.78 is 3.48. The molecule has 2 aromatic heterocycles. The number of hydrogen-bond acceptors (Lipinski definition) is 5. The van der Waals surface area contributed by atoms with Crippen LogP contribution < -0.4 is 11.0 Å².